The third kappa shape index (κ3) is 1.56. The molecule has 2 atom stereocenters. The van der Waals surface area contributed by atoms with Gasteiger partial charge in [-0.25, -0.2) is 0 Å². The van der Waals surface area contributed by atoms with Crippen LogP contribution in [0.1, 0.15) is 35.2 Å². The number of hydrogen-bond donors (Lipinski definition) is 2. The molecule has 84 valence electrons. The zero-order valence-corrected chi connectivity index (χ0v) is 8.93. The van der Waals surface area contributed by atoms with Crippen LogP contribution in [-0.4, -0.2) is 23.0 Å². The average Bonchev–Trinajstić information content (AvgIpc) is 2.28. The Bertz CT molecular complexity index is 442. The van der Waals surface area contributed by atoms with Crippen LogP contribution in [0.5, 0.6) is 0 Å². The second-order valence-electron chi connectivity index (χ2n) is 3.89. The van der Waals surface area contributed by atoms with E-state index in [0.29, 0.717) is 17.5 Å². The number of amides is 1. The predicted octanol–water partition coefficient (Wildman–Crippen LogP) is 1.38. The fraction of sp³-hybridized carbons (Fsp3) is 0.333. The molecule has 2 N–H and O–H groups in total. The monoisotopic (exact) mass is 219 g/mol. The van der Waals surface area contributed by atoms with Crippen LogP contribution in [0.4, 0.5) is 0 Å². The summed E-state index contributed by atoms with van der Waals surface area (Å²) in [4.78, 5) is 23.0. The summed E-state index contributed by atoms with van der Waals surface area (Å²) >= 11 is 0. The molecule has 0 aliphatic carbocycles. The highest BCUT2D eigenvalue weighted by molar-refractivity contribution is 6.00. The molecular weight excluding hydrogens is 206 g/mol. The molecule has 0 saturated heterocycles. The van der Waals surface area contributed by atoms with Gasteiger partial charge in [0.05, 0.1) is 0 Å². The minimum absolute atomic E-state index is 0.181. The Morgan fingerprint density at radius 1 is 1.44 bits per heavy atom. The molecule has 0 unspecified atom stereocenters. The lowest BCUT2D eigenvalue weighted by Gasteiger charge is -2.30. The highest BCUT2D eigenvalue weighted by atomic mass is 16.4. The molecule has 1 aromatic rings. The van der Waals surface area contributed by atoms with E-state index >= 15 is 0 Å². The Hall–Kier alpha value is -1.84. The van der Waals surface area contributed by atoms with Crippen LogP contribution in [0, 0.1) is 0 Å². The number of nitrogens with one attached hydrogen (secondary N) is 1. The molecule has 0 spiro atoms. The van der Waals surface area contributed by atoms with Crippen molar-refractivity contribution in [1.82, 2.24) is 5.32 Å². The highest BCUT2D eigenvalue weighted by Crippen LogP contribution is 2.29. The number of benzene rings is 1. The maximum absolute atomic E-state index is 11.7. The first-order chi connectivity index (χ1) is 7.65. The fourth-order valence-corrected chi connectivity index (χ4v) is 2.16. The summed E-state index contributed by atoms with van der Waals surface area (Å²) in [6.07, 6.45) is 0.608. The van der Waals surface area contributed by atoms with Gasteiger partial charge in [-0.15, -0.1) is 0 Å². The standard InChI is InChI=1S/C12H13NO3/c1-2-9-10(12(15)16)7-5-3-4-6-8(7)11(14)13-9/h3-6,9-10H,2H2,1H3,(H,13,14)(H,15,16)/t9-,10+/m1/s1. The van der Waals surface area contributed by atoms with E-state index in [2.05, 4.69) is 5.32 Å². The van der Waals surface area contributed by atoms with Crippen LogP contribution in [0.2, 0.25) is 0 Å². The van der Waals surface area contributed by atoms with Gasteiger partial charge >= 0.3 is 5.97 Å². The lowest BCUT2D eigenvalue weighted by Crippen LogP contribution is -2.46. The predicted molar refractivity (Wildman–Crippen MR) is 58.4 cm³/mol. The van der Waals surface area contributed by atoms with Gasteiger partial charge in [-0.3, -0.25) is 9.59 Å². The van der Waals surface area contributed by atoms with Crippen molar-refractivity contribution in [3.05, 3.63) is 35.4 Å². The normalized spacial score (nSPS) is 23.4. The summed E-state index contributed by atoms with van der Waals surface area (Å²) in [7, 11) is 0. The van der Waals surface area contributed by atoms with E-state index in [9.17, 15) is 14.7 Å². The average molecular weight is 219 g/mol. The first-order valence-corrected chi connectivity index (χ1v) is 5.27. The van der Waals surface area contributed by atoms with Crippen LogP contribution >= 0.6 is 0 Å². The minimum Gasteiger partial charge on any atom is -0.481 e. The number of carbonyl (C=O) groups excluding carboxylic acids is 1. The molecule has 0 fully saturated rings. The molecule has 0 saturated carbocycles. The maximum Gasteiger partial charge on any atom is 0.313 e. The van der Waals surface area contributed by atoms with Crippen molar-refractivity contribution in [2.24, 2.45) is 0 Å². The van der Waals surface area contributed by atoms with Gasteiger partial charge in [0.25, 0.3) is 5.91 Å². The van der Waals surface area contributed by atoms with Crippen LogP contribution in [0.25, 0.3) is 0 Å². The second-order valence-corrected chi connectivity index (χ2v) is 3.89. The number of carboxylic acids is 1. The zero-order valence-electron chi connectivity index (χ0n) is 8.93. The number of fused-ring (bicyclic) bond motifs is 1. The molecule has 0 radical (unpaired) electrons. The summed E-state index contributed by atoms with van der Waals surface area (Å²) < 4.78 is 0. The fourth-order valence-electron chi connectivity index (χ4n) is 2.16. The van der Waals surface area contributed by atoms with Gasteiger partial charge in [0, 0.05) is 11.6 Å². The van der Waals surface area contributed by atoms with E-state index in [4.69, 9.17) is 0 Å². The van der Waals surface area contributed by atoms with Gasteiger partial charge in [0.2, 0.25) is 0 Å². The molecule has 1 aliphatic heterocycles. The molecule has 4 heteroatoms. The third-order valence-electron chi connectivity index (χ3n) is 2.97. The Kier molecular flexibility index (Phi) is 2.64. The lowest BCUT2D eigenvalue weighted by atomic mass is 9.83. The van der Waals surface area contributed by atoms with E-state index in [-0.39, 0.29) is 11.9 Å². The van der Waals surface area contributed by atoms with Crippen LogP contribution < -0.4 is 5.32 Å². The van der Waals surface area contributed by atoms with E-state index < -0.39 is 11.9 Å². The Balaban J connectivity index is 2.53. The molecule has 1 amide bonds. The Morgan fingerprint density at radius 3 is 2.75 bits per heavy atom. The second kappa shape index (κ2) is 3.96. The summed E-state index contributed by atoms with van der Waals surface area (Å²) in [5.74, 6) is -1.71. The smallest absolute Gasteiger partial charge is 0.313 e. The number of aliphatic carboxylic acids is 1. The quantitative estimate of drug-likeness (QED) is 0.789. The molecule has 0 aromatic heterocycles. The van der Waals surface area contributed by atoms with Crippen LogP contribution in [0.15, 0.2) is 24.3 Å². The summed E-state index contributed by atoms with van der Waals surface area (Å²) in [6.45, 7) is 1.87. The Labute approximate surface area is 93.3 Å². The largest absolute Gasteiger partial charge is 0.481 e. The molecule has 0 bridgehead atoms. The molecular formula is C12H13NO3. The van der Waals surface area contributed by atoms with Gasteiger partial charge in [-0.2, -0.15) is 0 Å². The first-order valence-electron chi connectivity index (χ1n) is 5.27. The SMILES string of the molecule is CC[C@H]1NC(=O)c2ccccc2[C@@H]1C(=O)O. The molecule has 1 aromatic carbocycles. The zero-order chi connectivity index (χ0) is 11.7. The molecule has 1 aliphatic rings. The summed E-state index contributed by atoms with van der Waals surface area (Å²) in [5, 5.41) is 12.0. The van der Waals surface area contributed by atoms with Gasteiger partial charge in [0.1, 0.15) is 5.92 Å². The summed E-state index contributed by atoms with van der Waals surface area (Å²) in [6, 6.07) is 6.56. The Morgan fingerprint density at radius 2 is 2.12 bits per heavy atom. The molecule has 16 heavy (non-hydrogen) atoms. The molecule has 2 rings (SSSR count). The maximum atomic E-state index is 11.7. The van der Waals surface area contributed by atoms with Crippen LogP contribution in [-0.2, 0) is 4.79 Å². The van der Waals surface area contributed by atoms with Gasteiger partial charge in [-0.05, 0) is 18.1 Å². The van der Waals surface area contributed by atoms with Gasteiger partial charge < -0.3 is 10.4 Å². The van der Waals surface area contributed by atoms with E-state index in [1.165, 1.54) is 0 Å². The highest BCUT2D eigenvalue weighted by Gasteiger charge is 2.36. The van der Waals surface area contributed by atoms with E-state index in [1.807, 2.05) is 6.92 Å². The lowest BCUT2D eigenvalue weighted by molar-refractivity contribution is -0.139. The molecule has 1 heterocycles. The number of hydrogen-bond acceptors (Lipinski definition) is 2. The number of carboxylic acid groups (broad SMARTS) is 1. The number of carbonyl (C=O) groups is 2. The van der Waals surface area contributed by atoms with Gasteiger partial charge in [-0.1, -0.05) is 25.1 Å². The third-order valence-corrected chi connectivity index (χ3v) is 2.97. The topological polar surface area (TPSA) is 66.4 Å². The van der Waals surface area contributed by atoms with Crippen molar-refractivity contribution >= 4 is 11.9 Å². The van der Waals surface area contributed by atoms with Crippen molar-refractivity contribution < 1.29 is 14.7 Å². The van der Waals surface area contributed by atoms with Crippen molar-refractivity contribution in [3.8, 4) is 0 Å². The summed E-state index contributed by atoms with van der Waals surface area (Å²) in [5.41, 5.74) is 1.09. The number of rotatable bonds is 2. The van der Waals surface area contributed by atoms with Crippen molar-refractivity contribution in [2.45, 2.75) is 25.3 Å². The van der Waals surface area contributed by atoms with E-state index in [1.54, 1.807) is 24.3 Å². The minimum atomic E-state index is -0.890. The van der Waals surface area contributed by atoms with E-state index in [0.717, 1.165) is 0 Å². The van der Waals surface area contributed by atoms with Crippen molar-refractivity contribution in [1.29, 1.82) is 0 Å². The molecule has 4 nitrogen and oxygen atoms in total. The van der Waals surface area contributed by atoms with Crippen LogP contribution in [0.3, 0.4) is 0 Å². The van der Waals surface area contributed by atoms with Gasteiger partial charge in [0.15, 0.2) is 0 Å². The first kappa shape index (κ1) is 10.7. The van der Waals surface area contributed by atoms with Crippen molar-refractivity contribution in [3.63, 3.8) is 0 Å². The van der Waals surface area contributed by atoms with Crippen molar-refractivity contribution in [2.75, 3.05) is 0 Å².